The standard InChI is InChI=1S/C21H19N5O4S/c27-17(23-12-5-6-14-15(9-12)30-8-7-29-14)10-26-21(28)25-11-22-20-18(19(25)24-26)13-3-1-2-4-16(13)31-20/h5-6,9,11H,1-4,7-8,10H2,(H,23,27). The summed E-state index contributed by atoms with van der Waals surface area (Å²) in [6.45, 7) is 0.781. The molecule has 1 N–H and O–H groups in total. The van der Waals surface area contributed by atoms with E-state index in [-0.39, 0.29) is 18.1 Å². The molecule has 31 heavy (non-hydrogen) atoms. The van der Waals surface area contributed by atoms with Gasteiger partial charge in [0.25, 0.3) is 0 Å². The topological polar surface area (TPSA) is 99.8 Å². The van der Waals surface area contributed by atoms with Gasteiger partial charge in [-0.05, 0) is 43.4 Å². The number of hydrogen-bond donors (Lipinski definition) is 1. The van der Waals surface area contributed by atoms with Crippen LogP contribution >= 0.6 is 11.3 Å². The predicted octanol–water partition coefficient (Wildman–Crippen LogP) is 2.39. The molecule has 6 rings (SSSR count). The van der Waals surface area contributed by atoms with E-state index in [0.29, 0.717) is 36.0 Å². The highest BCUT2D eigenvalue weighted by Gasteiger charge is 2.22. The quantitative estimate of drug-likeness (QED) is 0.528. The Bertz CT molecular complexity index is 1400. The van der Waals surface area contributed by atoms with Crippen LogP contribution in [0.1, 0.15) is 23.3 Å². The van der Waals surface area contributed by atoms with Crippen LogP contribution in [0, 0.1) is 0 Å². The number of rotatable bonds is 3. The van der Waals surface area contributed by atoms with Gasteiger partial charge in [-0.3, -0.25) is 4.79 Å². The molecule has 0 radical (unpaired) electrons. The van der Waals surface area contributed by atoms with Gasteiger partial charge >= 0.3 is 5.69 Å². The van der Waals surface area contributed by atoms with E-state index in [9.17, 15) is 9.59 Å². The van der Waals surface area contributed by atoms with E-state index in [0.717, 1.165) is 29.5 Å². The van der Waals surface area contributed by atoms with Crippen molar-refractivity contribution in [3.05, 3.63) is 45.5 Å². The number of carbonyl (C=O) groups is 1. The highest BCUT2D eigenvalue weighted by atomic mass is 32.1. The summed E-state index contributed by atoms with van der Waals surface area (Å²) in [5.74, 6) is 0.889. The van der Waals surface area contributed by atoms with E-state index in [4.69, 9.17) is 9.47 Å². The third-order valence-electron chi connectivity index (χ3n) is 5.66. The van der Waals surface area contributed by atoms with Crippen molar-refractivity contribution in [3.63, 3.8) is 0 Å². The molecule has 0 saturated carbocycles. The van der Waals surface area contributed by atoms with E-state index in [2.05, 4.69) is 15.4 Å². The van der Waals surface area contributed by atoms with Gasteiger partial charge < -0.3 is 14.8 Å². The van der Waals surface area contributed by atoms with E-state index in [1.165, 1.54) is 32.3 Å². The van der Waals surface area contributed by atoms with Crippen molar-refractivity contribution in [2.75, 3.05) is 18.5 Å². The van der Waals surface area contributed by atoms with E-state index in [1.54, 1.807) is 29.5 Å². The predicted molar refractivity (Wildman–Crippen MR) is 115 cm³/mol. The lowest BCUT2D eigenvalue weighted by atomic mass is 9.97. The fraction of sp³-hybridized carbons (Fsp3) is 0.333. The number of nitrogens with one attached hydrogen (secondary N) is 1. The number of fused-ring (bicyclic) bond motifs is 6. The average Bonchev–Trinajstić information content (AvgIpc) is 3.31. The maximum absolute atomic E-state index is 12.9. The molecule has 10 heteroatoms. The minimum atomic E-state index is -0.377. The zero-order valence-electron chi connectivity index (χ0n) is 16.6. The second kappa shape index (κ2) is 7.09. The van der Waals surface area contributed by atoms with Crippen molar-refractivity contribution in [1.29, 1.82) is 0 Å². The first-order chi connectivity index (χ1) is 15.2. The molecule has 0 unspecified atom stereocenters. The first kappa shape index (κ1) is 18.4. The second-order valence-corrected chi connectivity index (χ2v) is 8.76. The van der Waals surface area contributed by atoms with Crippen LogP contribution in [-0.4, -0.2) is 38.3 Å². The summed E-state index contributed by atoms with van der Waals surface area (Å²) in [6.07, 6.45) is 5.83. The summed E-state index contributed by atoms with van der Waals surface area (Å²) in [4.78, 5) is 32.2. The molecule has 0 saturated heterocycles. The van der Waals surface area contributed by atoms with Gasteiger partial charge in [0.15, 0.2) is 17.1 Å². The maximum Gasteiger partial charge on any atom is 0.352 e. The molecule has 1 aliphatic carbocycles. The summed E-state index contributed by atoms with van der Waals surface area (Å²) in [6, 6.07) is 5.20. The van der Waals surface area contributed by atoms with Crippen LogP contribution in [0.25, 0.3) is 15.9 Å². The molecule has 1 aliphatic heterocycles. The minimum Gasteiger partial charge on any atom is -0.486 e. The number of ether oxygens (including phenoxy) is 2. The molecule has 3 aromatic heterocycles. The Morgan fingerprint density at radius 3 is 2.90 bits per heavy atom. The molecule has 0 atom stereocenters. The van der Waals surface area contributed by atoms with Crippen molar-refractivity contribution in [2.24, 2.45) is 0 Å². The highest BCUT2D eigenvalue weighted by Crippen LogP contribution is 2.36. The molecular weight excluding hydrogens is 418 g/mol. The number of aromatic nitrogens is 4. The molecule has 4 heterocycles. The number of nitrogens with zero attached hydrogens (tertiary/aromatic N) is 4. The van der Waals surface area contributed by atoms with E-state index >= 15 is 0 Å². The summed E-state index contributed by atoms with van der Waals surface area (Å²) in [5.41, 5.74) is 2.02. The Balaban J connectivity index is 1.31. The second-order valence-electron chi connectivity index (χ2n) is 7.68. The number of hydrogen-bond acceptors (Lipinski definition) is 7. The molecule has 2 aliphatic rings. The zero-order chi connectivity index (χ0) is 20.9. The SMILES string of the molecule is O=C(Cn1nc2c3c4c(sc3ncn2c1=O)CCCC4)Nc1ccc2c(c1)OCCO2. The number of anilines is 1. The summed E-state index contributed by atoms with van der Waals surface area (Å²) < 4.78 is 13.7. The van der Waals surface area contributed by atoms with Crippen LogP contribution in [-0.2, 0) is 24.2 Å². The fourth-order valence-electron chi connectivity index (χ4n) is 4.24. The highest BCUT2D eigenvalue weighted by molar-refractivity contribution is 7.19. The van der Waals surface area contributed by atoms with Crippen LogP contribution in [0.5, 0.6) is 11.5 Å². The smallest absolute Gasteiger partial charge is 0.352 e. The Hall–Kier alpha value is -3.40. The molecule has 1 amide bonds. The molecule has 9 nitrogen and oxygen atoms in total. The lowest BCUT2D eigenvalue weighted by molar-refractivity contribution is -0.117. The molecule has 0 spiro atoms. The Morgan fingerprint density at radius 1 is 1.16 bits per heavy atom. The minimum absolute atomic E-state index is 0.192. The van der Waals surface area contributed by atoms with Gasteiger partial charge in [-0.1, -0.05) is 0 Å². The van der Waals surface area contributed by atoms with Crippen LogP contribution in [0.15, 0.2) is 29.3 Å². The van der Waals surface area contributed by atoms with Gasteiger partial charge in [0.05, 0.1) is 5.39 Å². The Morgan fingerprint density at radius 2 is 2.00 bits per heavy atom. The Kier molecular flexibility index (Phi) is 4.20. The van der Waals surface area contributed by atoms with Crippen LogP contribution < -0.4 is 20.5 Å². The van der Waals surface area contributed by atoms with Gasteiger partial charge in [0, 0.05) is 16.6 Å². The largest absolute Gasteiger partial charge is 0.486 e. The number of amides is 1. The molecule has 4 aromatic rings. The van der Waals surface area contributed by atoms with E-state index < -0.39 is 0 Å². The third-order valence-corrected chi connectivity index (χ3v) is 6.86. The van der Waals surface area contributed by atoms with Crippen LogP contribution in [0.4, 0.5) is 5.69 Å². The number of thiophene rings is 1. The summed E-state index contributed by atoms with van der Waals surface area (Å²) >= 11 is 1.68. The number of aryl methyl sites for hydroxylation is 2. The number of carbonyl (C=O) groups excluding carboxylic acids is 1. The van der Waals surface area contributed by atoms with Crippen LogP contribution in [0.2, 0.25) is 0 Å². The molecular formula is C21H19N5O4S. The third kappa shape index (κ3) is 3.05. The average molecular weight is 437 g/mol. The lowest BCUT2D eigenvalue weighted by Gasteiger charge is -2.18. The summed E-state index contributed by atoms with van der Waals surface area (Å²) in [7, 11) is 0. The van der Waals surface area contributed by atoms with Crippen molar-refractivity contribution >= 4 is 38.8 Å². The van der Waals surface area contributed by atoms with Crippen LogP contribution in [0.3, 0.4) is 0 Å². The monoisotopic (exact) mass is 437 g/mol. The van der Waals surface area contributed by atoms with Gasteiger partial charge in [-0.2, -0.15) is 0 Å². The van der Waals surface area contributed by atoms with Crippen molar-refractivity contribution in [1.82, 2.24) is 19.2 Å². The lowest BCUT2D eigenvalue weighted by Crippen LogP contribution is -2.28. The van der Waals surface area contributed by atoms with Gasteiger partial charge in [0.1, 0.15) is 30.9 Å². The normalized spacial score (nSPS) is 15.2. The maximum atomic E-state index is 12.9. The van der Waals surface area contributed by atoms with E-state index in [1.807, 2.05) is 0 Å². The van der Waals surface area contributed by atoms with Crippen molar-refractivity contribution in [2.45, 2.75) is 32.2 Å². The van der Waals surface area contributed by atoms with Gasteiger partial charge in [-0.25, -0.2) is 18.9 Å². The van der Waals surface area contributed by atoms with Crippen molar-refractivity contribution < 1.29 is 14.3 Å². The van der Waals surface area contributed by atoms with Gasteiger partial charge in [0.2, 0.25) is 5.91 Å². The molecule has 0 bridgehead atoms. The molecule has 1 aromatic carbocycles. The number of benzene rings is 1. The Labute approximate surface area is 180 Å². The van der Waals surface area contributed by atoms with Gasteiger partial charge in [-0.15, -0.1) is 16.4 Å². The summed E-state index contributed by atoms with van der Waals surface area (Å²) in [5, 5.41) is 8.25. The fourth-order valence-corrected chi connectivity index (χ4v) is 5.46. The van der Waals surface area contributed by atoms with Crippen molar-refractivity contribution in [3.8, 4) is 11.5 Å². The molecule has 158 valence electrons. The first-order valence-electron chi connectivity index (χ1n) is 10.3. The molecule has 0 fully saturated rings. The zero-order valence-corrected chi connectivity index (χ0v) is 17.4. The first-order valence-corrected chi connectivity index (χ1v) is 11.1.